The number of hydrogen-bond donors (Lipinski definition) is 0. The van der Waals surface area contributed by atoms with E-state index in [9.17, 15) is 4.39 Å². The van der Waals surface area contributed by atoms with Crippen molar-refractivity contribution in [2.45, 2.75) is 166 Å². The Labute approximate surface area is 260 Å². The molecule has 0 heterocycles. The molecule has 1 fully saturated rings. The minimum Gasteiger partial charge on any atom is -0.303 e. The van der Waals surface area contributed by atoms with Crippen molar-refractivity contribution in [3.8, 4) is 0 Å². The standard InChI is InChI=1S/C25H48FN.C8H10.3C2H6/c1-7-11-24(21(4)5)18-22(14-17-27(15-8-2)16-9-3)12-10-13-23-19-25(6,26)20-23;1-7-3-5-8(2)6-4-7;3*1-2/h22-24H,4,7-20H2,1-3,5-6H3;3-6H,1-2H3;3*1-2H3. The predicted octanol–water partition coefficient (Wildman–Crippen LogP) is 13.2. The molecule has 1 aromatic carbocycles. The van der Waals surface area contributed by atoms with Gasteiger partial charge in [0.15, 0.2) is 0 Å². The largest absolute Gasteiger partial charge is 0.303 e. The summed E-state index contributed by atoms with van der Waals surface area (Å²) in [5, 5.41) is 0. The molecule has 1 aliphatic carbocycles. The molecule has 2 heteroatoms. The first-order valence-electron chi connectivity index (χ1n) is 17.7. The lowest BCUT2D eigenvalue weighted by Crippen LogP contribution is -2.36. The second kappa shape index (κ2) is 28.9. The highest BCUT2D eigenvalue weighted by atomic mass is 19.1. The monoisotopic (exact) mass is 578 g/mol. The fraction of sp³-hybridized carbons (Fsp3) is 0.795. The van der Waals surface area contributed by atoms with Gasteiger partial charge >= 0.3 is 0 Å². The topological polar surface area (TPSA) is 3.24 Å². The zero-order chi connectivity index (χ0) is 32.3. The number of halogens is 1. The molecule has 2 atom stereocenters. The van der Waals surface area contributed by atoms with Gasteiger partial charge in [-0.15, -0.1) is 0 Å². The molecule has 2 unspecified atom stereocenters. The molecular weight excluding hydrogens is 501 g/mol. The lowest BCUT2D eigenvalue weighted by atomic mass is 9.71. The highest BCUT2D eigenvalue weighted by Gasteiger charge is 2.39. The summed E-state index contributed by atoms with van der Waals surface area (Å²) in [6.07, 6.45) is 13.1. The summed E-state index contributed by atoms with van der Waals surface area (Å²) in [4.78, 5) is 2.66. The molecule has 0 amide bonds. The fourth-order valence-electron chi connectivity index (χ4n) is 5.71. The molecule has 2 rings (SSSR count). The highest BCUT2D eigenvalue weighted by molar-refractivity contribution is 5.19. The lowest BCUT2D eigenvalue weighted by molar-refractivity contribution is 0.0195. The zero-order valence-corrected chi connectivity index (χ0v) is 30.5. The van der Waals surface area contributed by atoms with Gasteiger partial charge in [0.05, 0.1) is 0 Å². The van der Waals surface area contributed by atoms with Gasteiger partial charge in [0.2, 0.25) is 0 Å². The highest BCUT2D eigenvalue weighted by Crippen LogP contribution is 2.43. The molecule has 1 aliphatic rings. The van der Waals surface area contributed by atoms with E-state index in [2.05, 4.69) is 77.3 Å². The van der Waals surface area contributed by atoms with Crippen molar-refractivity contribution in [2.75, 3.05) is 19.6 Å². The van der Waals surface area contributed by atoms with Crippen LogP contribution in [0, 0.1) is 31.6 Å². The van der Waals surface area contributed by atoms with Crippen LogP contribution in [0.1, 0.15) is 158 Å². The Bertz CT molecular complexity index is 642. The van der Waals surface area contributed by atoms with Crippen LogP contribution in [0.3, 0.4) is 0 Å². The molecule has 41 heavy (non-hydrogen) atoms. The third-order valence-electron chi connectivity index (χ3n) is 7.76. The Morgan fingerprint density at radius 1 is 0.829 bits per heavy atom. The molecular formula is C39H76FN. The Morgan fingerprint density at radius 2 is 1.29 bits per heavy atom. The van der Waals surface area contributed by atoms with Crippen LogP contribution in [-0.4, -0.2) is 30.2 Å². The van der Waals surface area contributed by atoms with Crippen LogP contribution in [0.2, 0.25) is 0 Å². The maximum Gasteiger partial charge on any atom is 0.108 e. The summed E-state index contributed by atoms with van der Waals surface area (Å²) < 4.78 is 13.7. The molecule has 1 saturated carbocycles. The van der Waals surface area contributed by atoms with Crippen molar-refractivity contribution in [1.82, 2.24) is 4.90 Å². The number of hydrogen-bond acceptors (Lipinski definition) is 1. The van der Waals surface area contributed by atoms with E-state index in [1.165, 1.54) is 94.1 Å². The normalized spacial score (nSPS) is 18.5. The predicted molar refractivity (Wildman–Crippen MR) is 189 cm³/mol. The van der Waals surface area contributed by atoms with Gasteiger partial charge in [0.1, 0.15) is 5.67 Å². The summed E-state index contributed by atoms with van der Waals surface area (Å²) in [6, 6.07) is 8.48. The van der Waals surface area contributed by atoms with E-state index in [0.717, 1.165) is 18.8 Å². The quantitative estimate of drug-likeness (QED) is 0.177. The molecule has 0 radical (unpaired) electrons. The van der Waals surface area contributed by atoms with Crippen LogP contribution in [0.15, 0.2) is 36.4 Å². The Balaban J connectivity index is -0.000000854. The van der Waals surface area contributed by atoms with E-state index in [4.69, 9.17) is 0 Å². The van der Waals surface area contributed by atoms with Gasteiger partial charge in [-0.25, -0.2) is 4.39 Å². The Kier molecular flexibility index (Phi) is 31.3. The van der Waals surface area contributed by atoms with Crippen LogP contribution in [-0.2, 0) is 0 Å². The molecule has 0 aliphatic heterocycles. The first-order valence-corrected chi connectivity index (χ1v) is 17.7. The molecule has 0 bridgehead atoms. The number of benzene rings is 1. The van der Waals surface area contributed by atoms with Gasteiger partial charge < -0.3 is 4.90 Å². The van der Waals surface area contributed by atoms with E-state index in [-0.39, 0.29) is 0 Å². The van der Waals surface area contributed by atoms with E-state index in [1.54, 1.807) is 6.92 Å². The van der Waals surface area contributed by atoms with Crippen molar-refractivity contribution >= 4 is 0 Å². The minimum absolute atomic E-state index is 0.643. The van der Waals surface area contributed by atoms with E-state index >= 15 is 0 Å². The zero-order valence-electron chi connectivity index (χ0n) is 30.5. The number of alkyl halides is 1. The van der Waals surface area contributed by atoms with Crippen LogP contribution in [0.25, 0.3) is 0 Å². The van der Waals surface area contributed by atoms with Gasteiger partial charge in [-0.3, -0.25) is 0 Å². The first kappa shape index (κ1) is 44.3. The first-order chi connectivity index (χ1) is 19.6. The lowest BCUT2D eigenvalue weighted by Gasteiger charge is -2.39. The number of rotatable bonds is 16. The van der Waals surface area contributed by atoms with Crippen molar-refractivity contribution in [2.24, 2.45) is 17.8 Å². The summed E-state index contributed by atoms with van der Waals surface area (Å²) in [5.74, 6) is 2.12. The molecule has 0 saturated heterocycles. The average molecular weight is 578 g/mol. The van der Waals surface area contributed by atoms with Gasteiger partial charge in [0, 0.05) is 0 Å². The number of aryl methyl sites for hydroxylation is 2. The molecule has 0 spiro atoms. The molecule has 0 aromatic heterocycles. The average Bonchev–Trinajstić information content (AvgIpc) is 2.95. The van der Waals surface area contributed by atoms with Gasteiger partial charge in [-0.2, -0.15) is 0 Å². The third-order valence-corrected chi connectivity index (χ3v) is 7.76. The second-order valence-corrected chi connectivity index (χ2v) is 11.8. The maximum absolute atomic E-state index is 13.7. The Hall–Kier alpha value is -1.15. The van der Waals surface area contributed by atoms with E-state index < -0.39 is 5.67 Å². The third kappa shape index (κ3) is 24.0. The minimum atomic E-state index is -0.864. The van der Waals surface area contributed by atoms with Crippen LogP contribution >= 0.6 is 0 Å². The molecule has 0 N–H and O–H groups in total. The van der Waals surface area contributed by atoms with Gasteiger partial charge in [0.25, 0.3) is 0 Å². The van der Waals surface area contributed by atoms with Crippen molar-refractivity contribution in [3.63, 3.8) is 0 Å². The van der Waals surface area contributed by atoms with Crippen molar-refractivity contribution in [1.29, 1.82) is 0 Å². The number of allylic oxidation sites excluding steroid dienone is 1. The van der Waals surface area contributed by atoms with E-state index in [1.807, 2.05) is 41.5 Å². The molecule has 244 valence electrons. The summed E-state index contributed by atoms with van der Waals surface area (Å²) in [5.41, 5.74) is 3.16. The maximum atomic E-state index is 13.7. The summed E-state index contributed by atoms with van der Waals surface area (Å²) >= 11 is 0. The van der Waals surface area contributed by atoms with Crippen LogP contribution in [0.5, 0.6) is 0 Å². The second-order valence-electron chi connectivity index (χ2n) is 11.8. The molecule has 1 nitrogen and oxygen atoms in total. The van der Waals surface area contributed by atoms with Crippen molar-refractivity contribution in [3.05, 3.63) is 47.5 Å². The smallest absolute Gasteiger partial charge is 0.108 e. The fourth-order valence-corrected chi connectivity index (χ4v) is 5.71. The van der Waals surface area contributed by atoms with Crippen LogP contribution in [0.4, 0.5) is 4.39 Å². The number of nitrogens with zero attached hydrogens (tertiary/aromatic N) is 1. The SMILES string of the molecule is C=C(C)C(CCC)CC(CCCC1CC(C)(F)C1)CCN(CCC)CCC.CC.CC.CC.Cc1ccc(C)cc1. The summed E-state index contributed by atoms with van der Waals surface area (Å²) in [6.45, 7) is 35.0. The Morgan fingerprint density at radius 3 is 1.66 bits per heavy atom. The van der Waals surface area contributed by atoms with Crippen LogP contribution < -0.4 is 0 Å². The molecule has 1 aromatic rings. The van der Waals surface area contributed by atoms with Gasteiger partial charge in [-0.05, 0) is 110 Å². The van der Waals surface area contributed by atoms with Crippen molar-refractivity contribution < 1.29 is 4.39 Å². The van der Waals surface area contributed by atoms with E-state index in [0.29, 0.717) is 11.8 Å². The van der Waals surface area contributed by atoms with Gasteiger partial charge in [-0.1, -0.05) is 136 Å². The summed E-state index contributed by atoms with van der Waals surface area (Å²) in [7, 11) is 0.